The molecule has 1 atom stereocenters. The van der Waals surface area contributed by atoms with Gasteiger partial charge < -0.3 is 20.3 Å². The fourth-order valence-electron chi connectivity index (χ4n) is 5.25. The number of benzene rings is 1. The normalized spacial score (nSPS) is 15.6. The summed E-state index contributed by atoms with van der Waals surface area (Å²) in [6.45, 7) is 5.57. The van der Waals surface area contributed by atoms with Gasteiger partial charge in [0.15, 0.2) is 0 Å². The molecule has 1 fully saturated rings. The van der Waals surface area contributed by atoms with E-state index in [2.05, 4.69) is 20.6 Å². The van der Waals surface area contributed by atoms with Crippen LogP contribution in [0.3, 0.4) is 0 Å². The Morgan fingerprint density at radius 2 is 1.95 bits per heavy atom. The Hall–Kier alpha value is -4.17. The summed E-state index contributed by atoms with van der Waals surface area (Å²) in [4.78, 5) is 24.7. The van der Waals surface area contributed by atoms with Crippen molar-refractivity contribution in [1.29, 1.82) is 5.26 Å². The van der Waals surface area contributed by atoms with Crippen molar-refractivity contribution in [2.75, 3.05) is 38.2 Å². The molecule has 216 valence electrons. The SMILES string of the molecule is CCOc1ncccc1-c1ccc(C2(C(=O)N[C@@H](C)CNC)CCN(c3ccc(C(F)(F)F)cc3C#N)CC2)cn1. The van der Waals surface area contributed by atoms with E-state index in [0.717, 1.165) is 23.3 Å². The van der Waals surface area contributed by atoms with E-state index in [0.29, 0.717) is 56.3 Å². The number of amides is 1. The first-order valence-electron chi connectivity index (χ1n) is 13.5. The number of carbonyl (C=O) groups is 1. The molecule has 11 heteroatoms. The fourth-order valence-corrected chi connectivity index (χ4v) is 5.25. The molecular formula is C30H33F3N6O2. The largest absolute Gasteiger partial charge is 0.477 e. The van der Waals surface area contributed by atoms with Crippen molar-refractivity contribution in [3.63, 3.8) is 0 Å². The summed E-state index contributed by atoms with van der Waals surface area (Å²) in [5.74, 6) is 0.334. The van der Waals surface area contributed by atoms with E-state index in [-0.39, 0.29) is 17.5 Å². The number of halogens is 3. The molecule has 0 spiro atoms. The van der Waals surface area contributed by atoms with Crippen LogP contribution in [0.4, 0.5) is 18.9 Å². The quantitative estimate of drug-likeness (QED) is 0.387. The number of alkyl halides is 3. The lowest BCUT2D eigenvalue weighted by Gasteiger charge is -2.42. The summed E-state index contributed by atoms with van der Waals surface area (Å²) >= 11 is 0. The molecule has 1 aliphatic heterocycles. The van der Waals surface area contributed by atoms with E-state index in [1.807, 2.05) is 50.1 Å². The monoisotopic (exact) mass is 566 g/mol. The van der Waals surface area contributed by atoms with Crippen molar-refractivity contribution < 1.29 is 22.7 Å². The number of nitrogens with one attached hydrogen (secondary N) is 2. The van der Waals surface area contributed by atoms with Crippen LogP contribution in [0.1, 0.15) is 43.4 Å². The highest BCUT2D eigenvalue weighted by Crippen LogP contribution is 2.40. The number of ether oxygens (including phenoxy) is 1. The number of carbonyl (C=O) groups excluding carboxylic acids is 1. The molecule has 1 amide bonds. The molecule has 0 unspecified atom stereocenters. The second-order valence-corrected chi connectivity index (χ2v) is 10.1. The van der Waals surface area contributed by atoms with Crippen LogP contribution in [0.25, 0.3) is 11.3 Å². The average Bonchev–Trinajstić information content (AvgIpc) is 2.97. The van der Waals surface area contributed by atoms with Crippen LogP contribution in [0.2, 0.25) is 0 Å². The Bertz CT molecular complexity index is 1400. The van der Waals surface area contributed by atoms with E-state index in [4.69, 9.17) is 4.74 Å². The van der Waals surface area contributed by atoms with E-state index in [9.17, 15) is 23.2 Å². The van der Waals surface area contributed by atoms with Crippen LogP contribution in [0.5, 0.6) is 5.88 Å². The van der Waals surface area contributed by atoms with E-state index < -0.39 is 17.2 Å². The summed E-state index contributed by atoms with van der Waals surface area (Å²) in [5, 5.41) is 15.8. The number of aromatic nitrogens is 2. The molecule has 0 radical (unpaired) electrons. The Balaban J connectivity index is 1.65. The zero-order chi connectivity index (χ0) is 29.6. The molecule has 1 saturated heterocycles. The van der Waals surface area contributed by atoms with Crippen molar-refractivity contribution in [2.45, 2.75) is 44.3 Å². The lowest BCUT2D eigenvalue weighted by molar-refractivity contribution is -0.137. The van der Waals surface area contributed by atoms with Gasteiger partial charge in [0.1, 0.15) is 6.07 Å². The first kappa shape index (κ1) is 29.8. The molecular weight excluding hydrogens is 533 g/mol. The second kappa shape index (κ2) is 12.6. The molecule has 3 aromatic rings. The summed E-state index contributed by atoms with van der Waals surface area (Å²) in [7, 11) is 1.81. The maximum absolute atomic E-state index is 13.8. The second-order valence-electron chi connectivity index (χ2n) is 10.1. The minimum absolute atomic E-state index is 0.0491. The third-order valence-electron chi connectivity index (χ3n) is 7.37. The van der Waals surface area contributed by atoms with Gasteiger partial charge in [-0.25, -0.2) is 4.98 Å². The van der Waals surface area contributed by atoms with Gasteiger partial charge in [0.05, 0.1) is 40.1 Å². The van der Waals surface area contributed by atoms with Crippen molar-refractivity contribution in [3.8, 4) is 23.2 Å². The predicted molar refractivity (Wildman–Crippen MR) is 149 cm³/mol. The molecule has 2 aromatic heterocycles. The first-order chi connectivity index (χ1) is 19.6. The number of nitrogens with zero attached hydrogens (tertiary/aromatic N) is 4. The highest BCUT2D eigenvalue weighted by molar-refractivity contribution is 5.89. The number of piperidine rings is 1. The van der Waals surface area contributed by atoms with Gasteiger partial charge in [0.25, 0.3) is 0 Å². The Morgan fingerprint density at radius 3 is 2.56 bits per heavy atom. The lowest BCUT2D eigenvalue weighted by Crippen LogP contribution is -2.54. The number of likely N-dealkylation sites (N-methyl/N-ethyl adjacent to an activating group) is 1. The zero-order valence-corrected chi connectivity index (χ0v) is 23.3. The predicted octanol–water partition coefficient (Wildman–Crippen LogP) is 4.70. The summed E-state index contributed by atoms with van der Waals surface area (Å²) in [5.41, 5.74) is 0.728. The number of hydrogen-bond acceptors (Lipinski definition) is 7. The van der Waals surface area contributed by atoms with Crippen molar-refractivity contribution in [1.82, 2.24) is 20.6 Å². The highest BCUT2D eigenvalue weighted by Gasteiger charge is 2.44. The standard InChI is InChI=1S/C30H33F3N6O2/c1-4-41-27-24(6-5-13-36-27)25-9-7-23(19-37-25)29(28(40)38-20(2)18-35-3)11-14-39(15-12-29)26-10-8-22(30(31,32)33)16-21(26)17-34/h5-10,13,16,19-20,35H,4,11-12,14-15,18H2,1-3H3,(H,38,40)/t20-/m0/s1. The fraction of sp³-hybridized carbons (Fsp3) is 0.400. The van der Waals surface area contributed by atoms with Crippen LogP contribution in [0.15, 0.2) is 54.9 Å². The van der Waals surface area contributed by atoms with Crippen LogP contribution in [-0.2, 0) is 16.4 Å². The first-order valence-corrected chi connectivity index (χ1v) is 13.5. The molecule has 4 rings (SSSR count). The summed E-state index contributed by atoms with van der Waals surface area (Å²) < 4.78 is 45.3. The van der Waals surface area contributed by atoms with Gasteiger partial charge in [0.2, 0.25) is 11.8 Å². The Kier molecular flexibility index (Phi) is 9.13. The van der Waals surface area contributed by atoms with Crippen LogP contribution >= 0.6 is 0 Å². The molecule has 3 heterocycles. The van der Waals surface area contributed by atoms with Crippen molar-refractivity contribution >= 4 is 11.6 Å². The Morgan fingerprint density at radius 1 is 1.20 bits per heavy atom. The van der Waals surface area contributed by atoms with Gasteiger partial charge >= 0.3 is 6.18 Å². The van der Waals surface area contributed by atoms with Gasteiger partial charge in [-0.2, -0.15) is 18.4 Å². The molecule has 0 saturated carbocycles. The molecule has 41 heavy (non-hydrogen) atoms. The lowest BCUT2D eigenvalue weighted by atomic mass is 9.72. The minimum atomic E-state index is -4.54. The number of pyridine rings is 2. The van der Waals surface area contributed by atoms with Crippen molar-refractivity contribution in [3.05, 3.63) is 71.5 Å². The van der Waals surface area contributed by atoms with Gasteiger partial charge in [-0.1, -0.05) is 6.07 Å². The van der Waals surface area contributed by atoms with Gasteiger partial charge in [-0.05, 0) is 75.7 Å². The van der Waals surface area contributed by atoms with Crippen molar-refractivity contribution in [2.24, 2.45) is 0 Å². The molecule has 2 N–H and O–H groups in total. The maximum atomic E-state index is 13.8. The van der Waals surface area contributed by atoms with Crippen LogP contribution < -0.4 is 20.3 Å². The maximum Gasteiger partial charge on any atom is 0.416 e. The molecule has 0 bridgehead atoms. The number of nitriles is 1. The van der Waals surface area contributed by atoms with E-state index >= 15 is 0 Å². The molecule has 0 aliphatic carbocycles. The molecule has 1 aliphatic rings. The average molecular weight is 567 g/mol. The number of hydrogen-bond donors (Lipinski definition) is 2. The minimum Gasteiger partial charge on any atom is -0.477 e. The summed E-state index contributed by atoms with van der Waals surface area (Å²) in [6.07, 6.45) is -0.419. The van der Waals surface area contributed by atoms with Gasteiger partial charge in [0, 0.05) is 38.1 Å². The molecule has 1 aromatic carbocycles. The number of anilines is 1. The van der Waals surface area contributed by atoms with Crippen LogP contribution in [-0.4, -0.2) is 55.2 Å². The zero-order valence-electron chi connectivity index (χ0n) is 23.3. The number of rotatable bonds is 9. The smallest absolute Gasteiger partial charge is 0.416 e. The summed E-state index contributed by atoms with van der Waals surface area (Å²) in [6, 6.07) is 12.4. The molecule has 8 nitrogen and oxygen atoms in total. The Labute approximate surface area is 237 Å². The third kappa shape index (κ3) is 6.43. The third-order valence-corrected chi connectivity index (χ3v) is 7.37. The van der Waals surface area contributed by atoms with Crippen LogP contribution in [0, 0.1) is 11.3 Å². The van der Waals surface area contributed by atoms with Gasteiger partial charge in [-0.3, -0.25) is 9.78 Å². The van der Waals surface area contributed by atoms with Gasteiger partial charge in [-0.15, -0.1) is 0 Å². The van der Waals surface area contributed by atoms with E-state index in [1.54, 1.807) is 18.5 Å². The topological polar surface area (TPSA) is 103 Å². The highest BCUT2D eigenvalue weighted by atomic mass is 19.4. The van der Waals surface area contributed by atoms with E-state index in [1.165, 1.54) is 6.07 Å².